The highest BCUT2D eigenvalue weighted by Gasteiger charge is 2.18. The van der Waals surface area contributed by atoms with Crippen LogP contribution in [0.1, 0.15) is 21.5 Å². The lowest BCUT2D eigenvalue weighted by Crippen LogP contribution is -2.41. The number of carbonyl (C=O) groups excluding carboxylic acids is 2. The molecule has 0 atom stereocenters. The van der Waals surface area contributed by atoms with Gasteiger partial charge >= 0.3 is 6.03 Å². The number of hydrogen-bond acceptors (Lipinski definition) is 2. The van der Waals surface area contributed by atoms with Crippen LogP contribution in [0.25, 0.3) is 0 Å². The first-order chi connectivity index (χ1) is 14.8. The SMILES string of the molecule is NC(=O)c1cc(NC(=O)NC(Cc2ccccc2F)Cc2ccccc2F)ccc1F. The smallest absolute Gasteiger partial charge is 0.319 e. The number of nitrogens with one attached hydrogen (secondary N) is 2. The molecular formula is C23H20F3N3O2. The fourth-order valence-corrected chi connectivity index (χ4v) is 3.18. The number of nitrogens with two attached hydrogens (primary N) is 1. The van der Waals surface area contributed by atoms with Crippen molar-refractivity contribution < 1.29 is 22.8 Å². The Labute approximate surface area is 177 Å². The van der Waals surface area contributed by atoms with E-state index in [9.17, 15) is 22.8 Å². The van der Waals surface area contributed by atoms with Crippen molar-refractivity contribution in [1.82, 2.24) is 5.32 Å². The summed E-state index contributed by atoms with van der Waals surface area (Å²) < 4.78 is 41.9. The molecule has 5 nitrogen and oxygen atoms in total. The largest absolute Gasteiger partial charge is 0.366 e. The molecule has 3 aromatic rings. The van der Waals surface area contributed by atoms with Crippen LogP contribution in [0.3, 0.4) is 0 Å². The second kappa shape index (κ2) is 9.80. The second-order valence-corrected chi connectivity index (χ2v) is 6.95. The van der Waals surface area contributed by atoms with Gasteiger partial charge in [-0.2, -0.15) is 0 Å². The van der Waals surface area contributed by atoms with Gasteiger partial charge < -0.3 is 16.4 Å². The zero-order valence-corrected chi connectivity index (χ0v) is 16.4. The highest BCUT2D eigenvalue weighted by Crippen LogP contribution is 2.17. The number of carbonyl (C=O) groups is 2. The maximum atomic E-state index is 14.1. The summed E-state index contributed by atoms with van der Waals surface area (Å²) in [5, 5.41) is 5.17. The molecule has 0 bridgehead atoms. The first-order valence-corrected chi connectivity index (χ1v) is 9.47. The number of amides is 3. The molecule has 0 radical (unpaired) electrons. The van der Waals surface area contributed by atoms with Gasteiger partial charge in [0.05, 0.1) is 5.56 Å². The second-order valence-electron chi connectivity index (χ2n) is 6.95. The normalized spacial score (nSPS) is 10.7. The Kier molecular flexibility index (Phi) is 6.92. The average Bonchev–Trinajstić information content (AvgIpc) is 2.72. The van der Waals surface area contributed by atoms with E-state index in [4.69, 9.17) is 5.73 Å². The van der Waals surface area contributed by atoms with E-state index in [1.54, 1.807) is 36.4 Å². The van der Waals surface area contributed by atoms with Crippen LogP contribution < -0.4 is 16.4 Å². The van der Waals surface area contributed by atoms with Gasteiger partial charge in [0, 0.05) is 11.7 Å². The van der Waals surface area contributed by atoms with E-state index < -0.39 is 35.4 Å². The molecule has 0 aliphatic carbocycles. The van der Waals surface area contributed by atoms with Crippen LogP contribution in [0.15, 0.2) is 66.7 Å². The molecule has 0 unspecified atom stereocenters. The lowest BCUT2D eigenvalue weighted by molar-refractivity contribution is 0.0996. The molecule has 4 N–H and O–H groups in total. The maximum Gasteiger partial charge on any atom is 0.319 e. The number of hydrogen-bond donors (Lipinski definition) is 3. The predicted octanol–water partition coefficient (Wildman–Crippen LogP) is 4.18. The Morgan fingerprint density at radius 1 is 0.806 bits per heavy atom. The third-order valence-corrected chi connectivity index (χ3v) is 4.67. The summed E-state index contributed by atoms with van der Waals surface area (Å²) in [6.45, 7) is 0. The van der Waals surface area contributed by atoms with Gasteiger partial charge in [0.1, 0.15) is 17.5 Å². The van der Waals surface area contributed by atoms with Crippen LogP contribution in [-0.2, 0) is 12.8 Å². The van der Waals surface area contributed by atoms with Gasteiger partial charge in [0.25, 0.3) is 5.91 Å². The van der Waals surface area contributed by atoms with E-state index in [1.165, 1.54) is 18.2 Å². The maximum absolute atomic E-state index is 14.1. The minimum absolute atomic E-state index is 0.115. The summed E-state index contributed by atoms with van der Waals surface area (Å²) in [6, 6.07) is 14.3. The molecule has 8 heteroatoms. The van der Waals surface area contributed by atoms with Crippen molar-refractivity contribution in [1.29, 1.82) is 0 Å². The third kappa shape index (κ3) is 5.85. The van der Waals surface area contributed by atoms with Crippen molar-refractivity contribution in [3.63, 3.8) is 0 Å². The van der Waals surface area contributed by atoms with E-state index in [0.717, 1.165) is 12.1 Å². The minimum atomic E-state index is -0.974. The zero-order valence-electron chi connectivity index (χ0n) is 16.4. The Morgan fingerprint density at radius 3 is 1.87 bits per heavy atom. The molecule has 0 spiro atoms. The van der Waals surface area contributed by atoms with Crippen molar-refractivity contribution in [2.24, 2.45) is 5.73 Å². The quantitative estimate of drug-likeness (QED) is 0.529. The van der Waals surface area contributed by atoms with Crippen molar-refractivity contribution in [2.75, 3.05) is 5.32 Å². The third-order valence-electron chi connectivity index (χ3n) is 4.67. The number of primary amides is 1. The zero-order chi connectivity index (χ0) is 22.4. The standard InChI is InChI=1S/C23H20F3N3O2/c24-19-7-3-1-5-14(19)11-17(12-15-6-2-4-8-20(15)25)29-23(31)28-16-9-10-21(26)18(13-16)22(27)30/h1-10,13,17H,11-12H2,(H2,27,30)(H2,28,29,31). The van der Waals surface area contributed by atoms with Gasteiger partial charge in [-0.3, -0.25) is 4.79 Å². The fourth-order valence-electron chi connectivity index (χ4n) is 3.18. The molecule has 0 saturated heterocycles. The summed E-state index contributed by atoms with van der Waals surface area (Å²) in [7, 11) is 0. The highest BCUT2D eigenvalue weighted by molar-refractivity contribution is 5.96. The Bertz CT molecular complexity index is 1060. The number of rotatable bonds is 7. The molecule has 0 aromatic heterocycles. The number of halogens is 3. The molecular weight excluding hydrogens is 407 g/mol. The summed E-state index contributed by atoms with van der Waals surface area (Å²) >= 11 is 0. The van der Waals surface area contributed by atoms with Crippen LogP contribution in [0, 0.1) is 17.5 Å². The predicted molar refractivity (Wildman–Crippen MR) is 111 cm³/mol. The Hall–Kier alpha value is -3.81. The molecule has 0 fully saturated rings. The Balaban J connectivity index is 1.78. The summed E-state index contributed by atoms with van der Waals surface area (Å²) in [6.07, 6.45) is 0.231. The number of anilines is 1. The van der Waals surface area contributed by atoms with Crippen molar-refractivity contribution in [3.8, 4) is 0 Å². The molecule has 0 aliphatic heterocycles. The molecule has 0 heterocycles. The van der Waals surface area contributed by atoms with Gasteiger partial charge in [0.2, 0.25) is 0 Å². The number of benzene rings is 3. The van der Waals surface area contributed by atoms with Crippen LogP contribution in [-0.4, -0.2) is 18.0 Å². The lowest BCUT2D eigenvalue weighted by atomic mass is 9.98. The minimum Gasteiger partial charge on any atom is -0.366 e. The molecule has 3 rings (SSSR count). The van der Waals surface area contributed by atoms with Crippen LogP contribution in [0.4, 0.5) is 23.7 Å². The van der Waals surface area contributed by atoms with E-state index in [-0.39, 0.29) is 24.1 Å². The highest BCUT2D eigenvalue weighted by atomic mass is 19.1. The molecule has 31 heavy (non-hydrogen) atoms. The lowest BCUT2D eigenvalue weighted by Gasteiger charge is -2.20. The van der Waals surface area contributed by atoms with E-state index in [0.29, 0.717) is 11.1 Å². The number of urea groups is 1. The first-order valence-electron chi connectivity index (χ1n) is 9.47. The van der Waals surface area contributed by atoms with Crippen molar-refractivity contribution in [3.05, 3.63) is 101 Å². The topological polar surface area (TPSA) is 84.2 Å². The summed E-state index contributed by atoms with van der Waals surface area (Å²) in [5.74, 6) is -2.66. The van der Waals surface area contributed by atoms with Gasteiger partial charge in [-0.1, -0.05) is 36.4 Å². The van der Waals surface area contributed by atoms with Gasteiger partial charge in [0.15, 0.2) is 0 Å². The fraction of sp³-hybridized carbons (Fsp3) is 0.130. The monoisotopic (exact) mass is 427 g/mol. The van der Waals surface area contributed by atoms with E-state index in [1.807, 2.05) is 0 Å². The summed E-state index contributed by atoms with van der Waals surface area (Å²) in [4.78, 5) is 23.8. The average molecular weight is 427 g/mol. The van der Waals surface area contributed by atoms with Crippen molar-refractivity contribution in [2.45, 2.75) is 18.9 Å². The first kappa shape index (κ1) is 21.9. The van der Waals surface area contributed by atoms with Crippen LogP contribution in [0.2, 0.25) is 0 Å². The molecule has 0 aliphatic rings. The van der Waals surface area contributed by atoms with Crippen LogP contribution >= 0.6 is 0 Å². The molecule has 160 valence electrons. The van der Waals surface area contributed by atoms with E-state index in [2.05, 4.69) is 10.6 Å². The van der Waals surface area contributed by atoms with Crippen molar-refractivity contribution >= 4 is 17.6 Å². The molecule has 3 amide bonds. The van der Waals surface area contributed by atoms with Gasteiger partial charge in [-0.05, 0) is 54.3 Å². The summed E-state index contributed by atoms with van der Waals surface area (Å²) in [5.41, 5.74) is 5.62. The van der Waals surface area contributed by atoms with Gasteiger partial charge in [-0.25, -0.2) is 18.0 Å². The van der Waals surface area contributed by atoms with Gasteiger partial charge in [-0.15, -0.1) is 0 Å². The van der Waals surface area contributed by atoms with E-state index >= 15 is 0 Å². The molecule has 0 saturated carbocycles. The Morgan fingerprint density at radius 2 is 1.35 bits per heavy atom. The molecule has 3 aromatic carbocycles. The van der Waals surface area contributed by atoms with Crippen LogP contribution in [0.5, 0.6) is 0 Å².